The average molecular weight is 283 g/mol. The smallest absolute Gasteiger partial charge is 0.231 e. The third-order valence-corrected chi connectivity index (χ3v) is 3.34. The van der Waals surface area contributed by atoms with Crippen molar-refractivity contribution >= 4 is 6.20 Å². The van der Waals surface area contributed by atoms with Crippen molar-refractivity contribution in [3.05, 3.63) is 48.6 Å². The molecule has 1 aliphatic rings. The normalized spacial score (nSPS) is 12.9. The van der Waals surface area contributed by atoms with Gasteiger partial charge in [0.2, 0.25) is 6.79 Å². The second-order valence-electron chi connectivity index (χ2n) is 4.74. The van der Waals surface area contributed by atoms with Gasteiger partial charge in [-0.25, -0.2) is 4.98 Å². The highest BCUT2D eigenvalue weighted by Crippen LogP contribution is 2.35. The van der Waals surface area contributed by atoms with Gasteiger partial charge in [-0.2, -0.15) is 0 Å². The number of aromatic nitrogens is 2. The Bertz CT molecular complexity index is 716. The molecule has 108 valence electrons. The Balaban J connectivity index is 1.90. The van der Waals surface area contributed by atoms with Gasteiger partial charge in [0.1, 0.15) is 5.82 Å². The van der Waals surface area contributed by atoms with Gasteiger partial charge in [0.15, 0.2) is 11.5 Å². The van der Waals surface area contributed by atoms with Crippen molar-refractivity contribution in [1.29, 1.82) is 0 Å². The van der Waals surface area contributed by atoms with E-state index in [1.807, 2.05) is 55.2 Å². The van der Waals surface area contributed by atoms with E-state index in [1.165, 1.54) is 0 Å². The van der Waals surface area contributed by atoms with Crippen LogP contribution in [-0.2, 0) is 0 Å². The van der Waals surface area contributed by atoms with Crippen molar-refractivity contribution in [2.75, 3.05) is 13.8 Å². The molecule has 2 heterocycles. The molecule has 0 atom stereocenters. The zero-order chi connectivity index (χ0) is 14.8. The number of benzene rings is 1. The van der Waals surface area contributed by atoms with Crippen molar-refractivity contribution in [2.24, 2.45) is 0 Å². The first-order chi connectivity index (χ1) is 10.2. The molecule has 0 radical (unpaired) electrons. The molecule has 1 aromatic heterocycles. The van der Waals surface area contributed by atoms with Crippen LogP contribution in [0.15, 0.2) is 42.7 Å². The zero-order valence-corrected chi connectivity index (χ0v) is 12.1. The van der Waals surface area contributed by atoms with Gasteiger partial charge in [-0.1, -0.05) is 6.58 Å². The number of nitrogens with zero attached hydrogens (tertiary/aromatic N) is 2. The molecule has 0 unspecified atom stereocenters. The summed E-state index contributed by atoms with van der Waals surface area (Å²) in [6.07, 6.45) is 5.81. The molecule has 3 rings (SSSR count). The van der Waals surface area contributed by atoms with Crippen LogP contribution >= 0.6 is 0 Å². The highest BCUT2D eigenvalue weighted by atomic mass is 16.7. The second kappa shape index (κ2) is 5.36. The second-order valence-corrected chi connectivity index (χ2v) is 4.74. The number of hydrogen-bond donors (Lipinski definition) is 1. The van der Waals surface area contributed by atoms with E-state index in [9.17, 15) is 0 Å². The summed E-state index contributed by atoms with van der Waals surface area (Å²) in [5.41, 5.74) is 2.74. The van der Waals surface area contributed by atoms with Crippen LogP contribution in [0.25, 0.3) is 17.5 Å². The molecule has 0 amide bonds. The Labute approximate surface area is 123 Å². The SMILES string of the molecule is C=C(/C=C\n1cc(-c2ccc3c(c2)OCO3)nc1C)NC. The maximum Gasteiger partial charge on any atom is 0.231 e. The minimum Gasteiger partial charge on any atom is -0.454 e. The molecule has 0 fully saturated rings. The molecule has 5 nitrogen and oxygen atoms in total. The Kier molecular flexibility index (Phi) is 3.39. The third-order valence-electron chi connectivity index (χ3n) is 3.34. The summed E-state index contributed by atoms with van der Waals surface area (Å²) in [6, 6.07) is 5.84. The number of allylic oxidation sites excluding steroid dienone is 1. The number of nitrogens with one attached hydrogen (secondary N) is 1. The molecular weight excluding hydrogens is 266 g/mol. The number of rotatable bonds is 4. The predicted molar refractivity (Wildman–Crippen MR) is 82.1 cm³/mol. The van der Waals surface area contributed by atoms with Gasteiger partial charge in [0.05, 0.1) is 5.69 Å². The molecule has 5 heteroatoms. The van der Waals surface area contributed by atoms with Gasteiger partial charge in [0.25, 0.3) is 0 Å². The summed E-state index contributed by atoms with van der Waals surface area (Å²) in [4.78, 5) is 4.58. The number of likely N-dealkylation sites (N-methyl/N-ethyl adjacent to an activating group) is 1. The Morgan fingerprint density at radius 1 is 1.38 bits per heavy atom. The van der Waals surface area contributed by atoms with E-state index in [4.69, 9.17) is 9.47 Å². The fraction of sp³-hybridized carbons (Fsp3) is 0.188. The number of hydrogen-bond acceptors (Lipinski definition) is 4. The molecule has 1 aliphatic heterocycles. The van der Waals surface area contributed by atoms with Gasteiger partial charge < -0.3 is 19.4 Å². The maximum atomic E-state index is 5.40. The first kappa shape index (κ1) is 13.3. The van der Waals surface area contributed by atoms with Crippen molar-refractivity contribution < 1.29 is 9.47 Å². The fourth-order valence-electron chi connectivity index (χ4n) is 2.09. The minimum absolute atomic E-state index is 0.279. The lowest BCUT2D eigenvalue weighted by molar-refractivity contribution is 0.174. The average Bonchev–Trinajstić information content (AvgIpc) is 3.10. The Hall–Kier alpha value is -2.69. The zero-order valence-electron chi connectivity index (χ0n) is 12.1. The monoisotopic (exact) mass is 283 g/mol. The van der Waals surface area contributed by atoms with Crippen molar-refractivity contribution in [1.82, 2.24) is 14.9 Å². The summed E-state index contributed by atoms with van der Waals surface area (Å²) in [7, 11) is 1.84. The molecule has 0 aliphatic carbocycles. The molecule has 0 saturated heterocycles. The maximum absolute atomic E-state index is 5.40. The number of imidazole rings is 1. The number of aryl methyl sites for hydroxylation is 1. The van der Waals surface area contributed by atoms with Gasteiger partial charge in [-0.15, -0.1) is 0 Å². The topological polar surface area (TPSA) is 48.3 Å². The van der Waals surface area contributed by atoms with Gasteiger partial charge in [-0.05, 0) is 31.2 Å². The summed E-state index contributed by atoms with van der Waals surface area (Å²) < 4.78 is 12.7. The largest absolute Gasteiger partial charge is 0.454 e. The van der Waals surface area contributed by atoms with Crippen molar-refractivity contribution in [2.45, 2.75) is 6.92 Å². The van der Waals surface area contributed by atoms with Crippen molar-refractivity contribution in [3.63, 3.8) is 0 Å². The molecule has 21 heavy (non-hydrogen) atoms. The quantitative estimate of drug-likeness (QED) is 0.877. The summed E-state index contributed by atoms with van der Waals surface area (Å²) in [5, 5.41) is 2.98. The highest BCUT2D eigenvalue weighted by Gasteiger charge is 2.15. The lowest BCUT2D eigenvalue weighted by Gasteiger charge is -1.99. The minimum atomic E-state index is 0.279. The van der Waals surface area contributed by atoms with Gasteiger partial charge in [0, 0.05) is 30.7 Å². The summed E-state index contributed by atoms with van der Waals surface area (Å²) in [5.74, 6) is 2.45. The third kappa shape index (κ3) is 2.63. The molecule has 0 bridgehead atoms. The lowest BCUT2D eigenvalue weighted by Crippen LogP contribution is -2.01. The number of ether oxygens (including phenoxy) is 2. The van der Waals surface area contributed by atoms with Crippen LogP contribution in [0.3, 0.4) is 0 Å². The summed E-state index contributed by atoms with van der Waals surface area (Å²) in [6.45, 7) is 6.10. The van der Waals surface area contributed by atoms with E-state index in [0.717, 1.165) is 34.3 Å². The molecule has 1 N–H and O–H groups in total. The van der Waals surface area contributed by atoms with Crippen LogP contribution < -0.4 is 14.8 Å². The van der Waals surface area contributed by atoms with Crippen LogP contribution in [0.4, 0.5) is 0 Å². The van der Waals surface area contributed by atoms with E-state index >= 15 is 0 Å². The van der Waals surface area contributed by atoms with Crippen molar-refractivity contribution in [3.8, 4) is 22.8 Å². The van der Waals surface area contributed by atoms with E-state index in [-0.39, 0.29) is 6.79 Å². The van der Waals surface area contributed by atoms with E-state index in [1.54, 1.807) is 0 Å². The van der Waals surface area contributed by atoms with Crippen LogP contribution in [0.2, 0.25) is 0 Å². The Morgan fingerprint density at radius 2 is 2.19 bits per heavy atom. The lowest BCUT2D eigenvalue weighted by atomic mass is 10.1. The van der Waals surface area contributed by atoms with Crippen LogP contribution in [0.1, 0.15) is 5.82 Å². The van der Waals surface area contributed by atoms with Crippen LogP contribution in [0.5, 0.6) is 11.5 Å². The molecule has 0 saturated carbocycles. The standard InChI is InChI=1S/C16H17N3O2/c1-11(17-3)6-7-19-9-14(18-12(19)2)13-4-5-15-16(8-13)21-10-20-15/h4-9,17H,1,10H2,2-3H3/b7-6-. The molecule has 0 spiro atoms. The Morgan fingerprint density at radius 3 is 3.00 bits per heavy atom. The van der Waals surface area contributed by atoms with E-state index in [0.29, 0.717) is 0 Å². The molecular formula is C16H17N3O2. The van der Waals surface area contributed by atoms with E-state index < -0.39 is 0 Å². The van der Waals surface area contributed by atoms with Crippen LogP contribution in [0, 0.1) is 6.92 Å². The molecule has 1 aromatic carbocycles. The summed E-state index contributed by atoms with van der Waals surface area (Å²) >= 11 is 0. The number of fused-ring (bicyclic) bond motifs is 1. The fourth-order valence-corrected chi connectivity index (χ4v) is 2.09. The van der Waals surface area contributed by atoms with Gasteiger partial charge in [-0.3, -0.25) is 0 Å². The first-order valence-corrected chi connectivity index (χ1v) is 6.68. The van der Waals surface area contributed by atoms with Gasteiger partial charge >= 0.3 is 0 Å². The van der Waals surface area contributed by atoms with Crippen LogP contribution in [-0.4, -0.2) is 23.4 Å². The first-order valence-electron chi connectivity index (χ1n) is 6.68. The molecule has 2 aromatic rings. The van der Waals surface area contributed by atoms with E-state index in [2.05, 4.69) is 16.9 Å². The highest BCUT2D eigenvalue weighted by molar-refractivity contribution is 5.64. The predicted octanol–water partition coefficient (Wildman–Crippen LogP) is 2.79.